The normalized spacial score (nSPS) is 14.7. The van der Waals surface area contributed by atoms with Crippen molar-refractivity contribution < 1.29 is 9.59 Å². The Bertz CT molecular complexity index is 396. The number of aryl methyl sites for hydroxylation is 1. The van der Waals surface area contributed by atoms with Crippen LogP contribution in [0, 0.1) is 12.8 Å². The Morgan fingerprint density at radius 3 is 2.60 bits per heavy atom. The number of hydrogen-bond donors (Lipinski definition) is 2. The Morgan fingerprint density at radius 1 is 1.33 bits per heavy atom. The van der Waals surface area contributed by atoms with Gasteiger partial charge in [-0.2, -0.15) is 0 Å². The third-order valence-electron chi connectivity index (χ3n) is 2.21. The molecule has 1 aromatic heterocycles. The maximum atomic E-state index is 11.5. The van der Waals surface area contributed by atoms with Gasteiger partial charge in [-0.25, -0.2) is 0 Å². The van der Waals surface area contributed by atoms with E-state index in [-0.39, 0.29) is 17.7 Å². The predicted molar refractivity (Wildman–Crippen MR) is 57.4 cm³/mol. The number of thiophene rings is 1. The zero-order valence-corrected chi connectivity index (χ0v) is 9.19. The second-order valence-corrected chi connectivity index (χ2v) is 4.92. The average molecular weight is 224 g/mol. The van der Waals surface area contributed by atoms with E-state index in [1.165, 1.54) is 11.3 Å². The molecule has 1 aliphatic carbocycles. The molecule has 0 saturated heterocycles. The van der Waals surface area contributed by atoms with Gasteiger partial charge in [0.15, 0.2) is 0 Å². The molecule has 2 rings (SSSR count). The number of carbonyl (C=O) groups is 2. The van der Waals surface area contributed by atoms with Crippen LogP contribution in [0.2, 0.25) is 0 Å². The molecule has 1 saturated carbocycles. The molecule has 1 fully saturated rings. The zero-order valence-electron chi connectivity index (χ0n) is 8.37. The van der Waals surface area contributed by atoms with E-state index in [1.807, 2.05) is 13.0 Å². The summed E-state index contributed by atoms with van der Waals surface area (Å²) in [7, 11) is 0. The van der Waals surface area contributed by atoms with Crippen LogP contribution in [0.3, 0.4) is 0 Å². The smallest absolute Gasteiger partial charge is 0.273 e. The molecule has 2 amide bonds. The number of rotatable bonds is 2. The van der Waals surface area contributed by atoms with Gasteiger partial charge < -0.3 is 0 Å². The fraction of sp³-hybridized carbons (Fsp3) is 0.400. The van der Waals surface area contributed by atoms with Gasteiger partial charge in [0.25, 0.3) is 5.91 Å². The third-order valence-corrected chi connectivity index (χ3v) is 3.21. The summed E-state index contributed by atoms with van der Waals surface area (Å²) in [6, 6.07) is 3.63. The second-order valence-electron chi connectivity index (χ2n) is 3.63. The Balaban J connectivity index is 1.84. The molecule has 1 aliphatic rings. The first-order valence-corrected chi connectivity index (χ1v) is 5.65. The highest BCUT2D eigenvalue weighted by Crippen LogP contribution is 2.28. The quantitative estimate of drug-likeness (QED) is 0.742. The van der Waals surface area contributed by atoms with Crippen LogP contribution >= 0.6 is 11.3 Å². The minimum atomic E-state index is -0.248. The molecule has 0 aromatic carbocycles. The zero-order chi connectivity index (χ0) is 10.8. The lowest BCUT2D eigenvalue weighted by molar-refractivity contribution is -0.123. The SMILES string of the molecule is Cc1ccc(C(=O)NNC(=O)C2CC2)s1. The van der Waals surface area contributed by atoms with Crippen molar-refractivity contribution in [2.45, 2.75) is 19.8 Å². The van der Waals surface area contributed by atoms with Crippen molar-refractivity contribution in [3.63, 3.8) is 0 Å². The Hall–Kier alpha value is -1.36. The highest BCUT2D eigenvalue weighted by atomic mass is 32.1. The summed E-state index contributed by atoms with van der Waals surface area (Å²) in [5, 5.41) is 0. The monoisotopic (exact) mass is 224 g/mol. The average Bonchev–Trinajstić information content (AvgIpc) is 2.97. The lowest BCUT2D eigenvalue weighted by atomic mass is 10.4. The van der Waals surface area contributed by atoms with Gasteiger partial charge in [0.2, 0.25) is 5.91 Å². The fourth-order valence-electron chi connectivity index (χ4n) is 1.18. The van der Waals surface area contributed by atoms with Gasteiger partial charge in [-0.1, -0.05) is 0 Å². The summed E-state index contributed by atoms with van der Waals surface area (Å²) in [5.74, 6) is -0.228. The summed E-state index contributed by atoms with van der Waals surface area (Å²) < 4.78 is 0. The van der Waals surface area contributed by atoms with Crippen LogP contribution in [0.1, 0.15) is 27.4 Å². The van der Waals surface area contributed by atoms with Crippen molar-refractivity contribution in [1.82, 2.24) is 10.9 Å². The fourth-order valence-corrected chi connectivity index (χ4v) is 1.95. The summed E-state index contributed by atoms with van der Waals surface area (Å²) in [6.07, 6.45) is 1.86. The molecule has 5 heteroatoms. The lowest BCUT2D eigenvalue weighted by Gasteiger charge is -2.04. The Morgan fingerprint density at radius 2 is 2.07 bits per heavy atom. The molecule has 1 heterocycles. The molecule has 1 aromatic rings. The summed E-state index contributed by atoms with van der Waals surface area (Å²) >= 11 is 1.41. The van der Waals surface area contributed by atoms with E-state index < -0.39 is 0 Å². The summed E-state index contributed by atoms with van der Waals surface area (Å²) in [4.78, 5) is 24.4. The first-order valence-electron chi connectivity index (χ1n) is 4.83. The van der Waals surface area contributed by atoms with Crippen LogP contribution < -0.4 is 10.9 Å². The van der Waals surface area contributed by atoms with Gasteiger partial charge in [0.05, 0.1) is 4.88 Å². The maximum absolute atomic E-state index is 11.5. The molecule has 0 unspecified atom stereocenters. The van der Waals surface area contributed by atoms with Gasteiger partial charge in [-0.3, -0.25) is 20.4 Å². The number of carbonyl (C=O) groups excluding carboxylic acids is 2. The molecule has 0 spiro atoms. The molecule has 2 N–H and O–H groups in total. The Labute approximate surface area is 91.6 Å². The third kappa shape index (κ3) is 2.56. The highest BCUT2D eigenvalue weighted by molar-refractivity contribution is 7.13. The maximum Gasteiger partial charge on any atom is 0.279 e. The Kier molecular flexibility index (Phi) is 2.73. The van der Waals surface area contributed by atoms with Gasteiger partial charge in [-0.05, 0) is 31.9 Å². The predicted octanol–water partition coefficient (Wildman–Crippen LogP) is 1.23. The molecule has 80 valence electrons. The van der Waals surface area contributed by atoms with E-state index in [0.29, 0.717) is 4.88 Å². The first kappa shape index (κ1) is 10.2. The van der Waals surface area contributed by atoms with Crippen molar-refractivity contribution in [2.24, 2.45) is 5.92 Å². The van der Waals surface area contributed by atoms with E-state index in [0.717, 1.165) is 17.7 Å². The number of nitrogens with one attached hydrogen (secondary N) is 2. The van der Waals surface area contributed by atoms with Gasteiger partial charge >= 0.3 is 0 Å². The van der Waals surface area contributed by atoms with E-state index in [4.69, 9.17) is 0 Å². The summed E-state index contributed by atoms with van der Waals surface area (Å²) in [6.45, 7) is 1.93. The minimum Gasteiger partial charge on any atom is -0.273 e. The molecule has 0 bridgehead atoms. The van der Waals surface area contributed by atoms with Gasteiger partial charge in [-0.15, -0.1) is 11.3 Å². The van der Waals surface area contributed by atoms with E-state index in [2.05, 4.69) is 10.9 Å². The standard InChI is InChI=1S/C10H12N2O2S/c1-6-2-5-8(15-6)10(14)12-11-9(13)7-3-4-7/h2,5,7H,3-4H2,1H3,(H,11,13)(H,12,14). The van der Waals surface area contributed by atoms with Gasteiger partial charge in [0.1, 0.15) is 0 Å². The highest BCUT2D eigenvalue weighted by Gasteiger charge is 2.29. The minimum absolute atomic E-state index is 0.0865. The van der Waals surface area contributed by atoms with Crippen molar-refractivity contribution in [3.05, 3.63) is 21.9 Å². The topological polar surface area (TPSA) is 58.2 Å². The van der Waals surface area contributed by atoms with Crippen LogP contribution in [0.5, 0.6) is 0 Å². The number of amides is 2. The molecule has 0 atom stereocenters. The van der Waals surface area contributed by atoms with Crippen LogP contribution in [0.25, 0.3) is 0 Å². The van der Waals surface area contributed by atoms with E-state index in [1.54, 1.807) is 6.07 Å². The second kappa shape index (κ2) is 4.02. The molecule has 4 nitrogen and oxygen atoms in total. The molecular weight excluding hydrogens is 212 g/mol. The summed E-state index contributed by atoms with van der Waals surface area (Å²) in [5.41, 5.74) is 4.83. The van der Waals surface area contributed by atoms with Crippen molar-refractivity contribution >= 4 is 23.2 Å². The van der Waals surface area contributed by atoms with Gasteiger partial charge in [0, 0.05) is 10.8 Å². The molecular formula is C10H12N2O2S. The van der Waals surface area contributed by atoms with Crippen molar-refractivity contribution in [3.8, 4) is 0 Å². The number of hydrogen-bond acceptors (Lipinski definition) is 3. The van der Waals surface area contributed by atoms with Crippen LogP contribution in [0.4, 0.5) is 0 Å². The van der Waals surface area contributed by atoms with Crippen LogP contribution in [-0.4, -0.2) is 11.8 Å². The van der Waals surface area contributed by atoms with E-state index in [9.17, 15) is 9.59 Å². The molecule has 15 heavy (non-hydrogen) atoms. The lowest BCUT2D eigenvalue weighted by Crippen LogP contribution is -2.42. The van der Waals surface area contributed by atoms with E-state index >= 15 is 0 Å². The number of hydrazine groups is 1. The van der Waals surface area contributed by atoms with Crippen molar-refractivity contribution in [2.75, 3.05) is 0 Å². The van der Waals surface area contributed by atoms with Crippen LogP contribution in [-0.2, 0) is 4.79 Å². The van der Waals surface area contributed by atoms with Crippen LogP contribution in [0.15, 0.2) is 12.1 Å². The molecule has 0 aliphatic heterocycles. The first-order chi connectivity index (χ1) is 7.16. The largest absolute Gasteiger partial charge is 0.279 e. The molecule has 0 radical (unpaired) electrons. The van der Waals surface area contributed by atoms with Crippen molar-refractivity contribution in [1.29, 1.82) is 0 Å².